The minimum absolute atomic E-state index is 0.122. The molecule has 1 aliphatic rings. The molecule has 194 valence electrons. The minimum Gasteiger partial charge on any atom is -0.346 e. The van der Waals surface area contributed by atoms with Crippen LogP contribution in [0.1, 0.15) is 16.8 Å². The molecule has 5 amide bonds. The van der Waals surface area contributed by atoms with Crippen molar-refractivity contribution in [2.24, 2.45) is 0 Å². The van der Waals surface area contributed by atoms with E-state index in [0.29, 0.717) is 5.56 Å². The second-order valence-electron chi connectivity index (χ2n) is 6.97. The van der Waals surface area contributed by atoms with Crippen LogP contribution in [0.2, 0.25) is 0 Å². The molecule has 4 N–H and O–H groups in total. The molecule has 1 heterocycles. The van der Waals surface area contributed by atoms with Crippen LogP contribution in [0.5, 0.6) is 0 Å². The Labute approximate surface area is 208 Å². The van der Waals surface area contributed by atoms with Gasteiger partial charge in [-0.2, -0.15) is 8.42 Å². The molecule has 0 saturated carbocycles. The Bertz CT molecular complexity index is 1170. The maximum atomic E-state index is 11.9. The zero-order valence-electron chi connectivity index (χ0n) is 18.3. The summed E-state index contributed by atoms with van der Waals surface area (Å²) in [5.74, 6) is -6.37. The summed E-state index contributed by atoms with van der Waals surface area (Å²) in [6.45, 7) is -1.93. The Balaban J connectivity index is 1.62. The van der Waals surface area contributed by atoms with E-state index in [-0.39, 0.29) is 15.9 Å². The lowest BCUT2D eigenvalue weighted by Crippen LogP contribution is -2.44. The molecule has 0 aromatic heterocycles. The van der Waals surface area contributed by atoms with Crippen molar-refractivity contribution in [1.82, 2.24) is 21.0 Å². The first-order chi connectivity index (χ1) is 16.9. The molecule has 1 atom stereocenters. The number of carbonyl (C=O) groups is 7. The Morgan fingerprint density at radius 1 is 0.944 bits per heavy atom. The van der Waals surface area contributed by atoms with Gasteiger partial charge in [0.2, 0.25) is 22.8 Å². The Morgan fingerprint density at radius 2 is 1.50 bits per heavy atom. The fourth-order valence-electron chi connectivity index (χ4n) is 2.54. The van der Waals surface area contributed by atoms with Gasteiger partial charge in [-0.05, 0) is 0 Å². The molecule has 1 aromatic carbocycles. The minimum atomic E-state index is -4.88. The fourth-order valence-corrected chi connectivity index (χ4v) is 3.91. The molecule has 0 aliphatic carbocycles. The van der Waals surface area contributed by atoms with Crippen molar-refractivity contribution in [3.05, 3.63) is 35.9 Å². The van der Waals surface area contributed by atoms with Gasteiger partial charge in [0.05, 0.1) is 25.3 Å². The van der Waals surface area contributed by atoms with Gasteiger partial charge in [0.1, 0.15) is 6.54 Å². The summed E-state index contributed by atoms with van der Waals surface area (Å²) in [6, 6.07) is 8.27. The molecule has 1 aromatic rings. The number of hydrogen-bond donors (Lipinski definition) is 4. The quantitative estimate of drug-likeness (QED) is 0.166. The summed E-state index contributed by atoms with van der Waals surface area (Å²) < 4.78 is 31.0. The van der Waals surface area contributed by atoms with Crippen molar-refractivity contribution in [1.29, 1.82) is 0 Å². The molecule has 1 fully saturated rings. The summed E-state index contributed by atoms with van der Waals surface area (Å²) >= 11 is 0.751. The SMILES string of the molecule is O=C(CNC(=O)CSC(=O)c1ccccc1)NCC(=O)NCC(=O)ON1C(=O)CC(S(=O)(=O)O)C1=O. The normalized spacial score (nSPS) is 15.2. The van der Waals surface area contributed by atoms with Crippen LogP contribution in [-0.4, -0.2) is 89.3 Å². The van der Waals surface area contributed by atoms with E-state index >= 15 is 0 Å². The van der Waals surface area contributed by atoms with Gasteiger partial charge in [0.15, 0.2) is 5.25 Å². The highest BCUT2D eigenvalue weighted by atomic mass is 32.2. The van der Waals surface area contributed by atoms with Gasteiger partial charge in [0.25, 0.3) is 21.9 Å². The number of nitrogens with zero attached hydrogens (tertiary/aromatic N) is 1. The fraction of sp³-hybridized carbons (Fsp3) is 0.316. The van der Waals surface area contributed by atoms with Crippen molar-refractivity contribution in [2.45, 2.75) is 11.7 Å². The van der Waals surface area contributed by atoms with Crippen molar-refractivity contribution in [3.63, 3.8) is 0 Å². The molecular weight excluding hydrogens is 524 g/mol. The van der Waals surface area contributed by atoms with E-state index in [1.807, 2.05) is 5.32 Å². The largest absolute Gasteiger partial charge is 0.352 e. The number of benzene rings is 1. The predicted molar refractivity (Wildman–Crippen MR) is 120 cm³/mol. The van der Waals surface area contributed by atoms with Crippen LogP contribution in [0.4, 0.5) is 0 Å². The van der Waals surface area contributed by atoms with E-state index in [0.717, 1.165) is 11.8 Å². The molecule has 1 aliphatic heterocycles. The third kappa shape index (κ3) is 8.75. The number of amides is 5. The van der Waals surface area contributed by atoms with Gasteiger partial charge in [-0.3, -0.25) is 33.3 Å². The van der Waals surface area contributed by atoms with Crippen LogP contribution in [0.25, 0.3) is 0 Å². The number of rotatable bonds is 11. The smallest absolute Gasteiger partial charge is 0.346 e. The van der Waals surface area contributed by atoms with Crippen LogP contribution >= 0.6 is 11.8 Å². The topological polar surface area (TPSA) is 222 Å². The molecule has 36 heavy (non-hydrogen) atoms. The summed E-state index contributed by atoms with van der Waals surface area (Å²) in [5, 5.41) is 3.92. The maximum absolute atomic E-state index is 11.9. The van der Waals surface area contributed by atoms with Crippen molar-refractivity contribution in [3.8, 4) is 0 Å². The van der Waals surface area contributed by atoms with Crippen molar-refractivity contribution in [2.75, 3.05) is 25.4 Å². The van der Waals surface area contributed by atoms with Gasteiger partial charge >= 0.3 is 5.97 Å². The zero-order chi connectivity index (χ0) is 26.9. The molecule has 0 spiro atoms. The van der Waals surface area contributed by atoms with Crippen molar-refractivity contribution >= 4 is 62.5 Å². The average molecular weight is 545 g/mol. The summed E-state index contributed by atoms with van der Waals surface area (Å²) in [5.41, 5.74) is 0.420. The average Bonchev–Trinajstić information content (AvgIpc) is 3.12. The van der Waals surface area contributed by atoms with Crippen LogP contribution < -0.4 is 16.0 Å². The predicted octanol–water partition coefficient (Wildman–Crippen LogP) is -2.62. The molecule has 0 bridgehead atoms. The molecule has 15 nitrogen and oxygen atoms in total. The van der Waals surface area contributed by atoms with Crippen LogP contribution in [0, 0.1) is 0 Å². The zero-order valence-corrected chi connectivity index (χ0v) is 19.9. The molecular formula is C19H20N4O11S2. The number of imide groups is 1. The van der Waals surface area contributed by atoms with Crippen LogP contribution in [-0.2, 0) is 43.7 Å². The van der Waals surface area contributed by atoms with E-state index in [4.69, 9.17) is 4.55 Å². The highest BCUT2D eigenvalue weighted by molar-refractivity contribution is 8.14. The third-order valence-corrected chi connectivity index (χ3v) is 6.27. The number of thioether (sulfide) groups is 1. The van der Waals surface area contributed by atoms with Crippen molar-refractivity contribution < 1.29 is 51.4 Å². The van der Waals surface area contributed by atoms with Crippen LogP contribution in [0.3, 0.4) is 0 Å². The van der Waals surface area contributed by atoms with Gasteiger partial charge in [-0.25, -0.2) is 4.79 Å². The summed E-state index contributed by atoms with van der Waals surface area (Å²) in [4.78, 5) is 86.7. The van der Waals surface area contributed by atoms with Gasteiger partial charge < -0.3 is 20.8 Å². The number of hydrogen-bond acceptors (Lipinski definition) is 11. The number of nitrogens with one attached hydrogen (secondary N) is 3. The van der Waals surface area contributed by atoms with Gasteiger partial charge in [-0.15, -0.1) is 5.06 Å². The first-order valence-electron chi connectivity index (χ1n) is 9.94. The Kier molecular flexibility index (Phi) is 10.1. The lowest BCUT2D eigenvalue weighted by molar-refractivity contribution is -0.196. The molecule has 17 heteroatoms. The third-order valence-electron chi connectivity index (χ3n) is 4.28. The molecule has 2 rings (SSSR count). The molecule has 0 radical (unpaired) electrons. The van der Waals surface area contributed by atoms with E-state index in [2.05, 4.69) is 15.5 Å². The van der Waals surface area contributed by atoms with Gasteiger partial charge in [0, 0.05) is 5.56 Å². The van der Waals surface area contributed by atoms with E-state index in [1.54, 1.807) is 30.3 Å². The first-order valence-corrected chi connectivity index (χ1v) is 12.4. The Hall–Kier alpha value is -3.83. The van der Waals surface area contributed by atoms with E-state index < -0.39 is 76.9 Å². The lowest BCUT2D eigenvalue weighted by atomic mass is 10.2. The van der Waals surface area contributed by atoms with Gasteiger partial charge in [-0.1, -0.05) is 42.1 Å². The Morgan fingerprint density at radius 3 is 2.06 bits per heavy atom. The second-order valence-corrected chi connectivity index (χ2v) is 9.52. The second kappa shape index (κ2) is 12.8. The standard InChI is InChI=1S/C19H20N4O11S2/c24-13(8-21-15(26)10-35-19(30)11-4-2-1-3-5-11)20-7-14(25)22-9-17(28)34-23-16(27)6-12(18(23)29)36(31,32)33/h1-5,12H,6-10H2,(H,20,24)(H,21,26)(H,22,25)(H,31,32,33). The number of hydroxylamine groups is 2. The highest BCUT2D eigenvalue weighted by Crippen LogP contribution is 2.19. The summed E-state index contributed by atoms with van der Waals surface area (Å²) in [6.07, 6.45) is -0.915. The van der Waals surface area contributed by atoms with Crippen LogP contribution in [0.15, 0.2) is 30.3 Å². The maximum Gasteiger partial charge on any atom is 0.352 e. The highest BCUT2D eigenvalue weighted by Gasteiger charge is 2.48. The number of carbonyl (C=O) groups excluding carboxylic acids is 7. The van der Waals surface area contributed by atoms with E-state index in [1.165, 1.54) is 0 Å². The molecule has 1 saturated heterocycles. The molecule has 1 unspecified atom stereocenters. The van der Waals surface area contributed by atoms with E-state index in [9.17, 15) is 42.0 Å². The first kappa shape index (κ1) is 28.4. The lowest BCUT2D eigenvalue weighted by Gasteiger charge is -2.13. The monoisotopic (exact) mass is 544 g/mol. The summed E-state index contributed by atoms with van der Waals surface area (Å²) in [7, 11) is -4.88.